The molecule has 0 saturated carbocycles. The van der Waals surface area contributed by atoms with Crippen molar-refractivity contribution in [3.63, 3.8) is 0 Å². The zero-order valence-electron chi connectivity index (χ0n) is 8.13. The fourth-order valence-corrected chi connectivity index (χ4v) is 1.73. The van der Waals surface area contributed by atoms with Gasteiger partial charge in [-0.1, -0.05) is 12.1 Å². The first kappa shape index (κ1) is 10.8. The highest BCUT2D eigenvalue weighted by molar-refractivity contribution is 6.17. The van der Waals surface area contributed by atoms with Crippen LogP contribution in [-0.4, -0.2) is 4.92 Å². The van der Waals surface area contributed by atoms with E-state index >= 15 is 0 Å². The molecule has 0 fully saturated rings. The minimum Gasteiger partial charge on any atom is -0.455 e. The minimum atomic E-state index is -0.761. The smallest absolute Gasteiger partial charge is 0.284 e. The number of alkyl halides is 1. The van der Waals surface area contributed by atoms with Gasteiger partial charge in [-0.15, -0.1) is 11.6 Å². The summed E-state index contributed by atoms with van der Waals surface area (Å²) in [6, 6.07) is 4.88. The Balaban J connectivity index is 2.47. The Bertz CT molecular complexity index is 438. The van der Waals surface area contributed by atoms with Crippen molar-refractivity contribution >= 4 is 17.3 Å². The van der Waals surface area contributed by atoms with Gasteiger partial charge >= 0.3 is 0 Å². The number of ether oxygens (including phenoxy) is 2. The van der Waals surface area contributed by atoms with Crippen molar-refractivity contribution in [1.82, 2.24) is 0 Å². The Morgan fingerprint density at radius 1 is 1.38 bits per heavy atom. The summed E-state index contributed by atoms with van der Waals surface area (Å²) in [4.78, 5) is 10.5. The molecule has 2 rings (SSSR count). The fraction of sp³-hybridized carbons (Fsp3) is 0.200. The number of nitro groups is 1. The highest BCUT2D eigenvalue weighted by Gasteiger charge is 2.28. The van der Waals surface area contributed by atoms with Gasteiger partial charge in [-0.25, -0.2) is 0 Å². The molecule has 6 heteroatoms. The summed E-state index contributed by atoms with van der Waals surface area (Å²) in [7, 11) is 0. The van der Waals surface area contributed by atoms with Crippen LogP contribution < -0.4 is 0 Å². The van der Waals surface area contributed by atoms with Crippen molar-refractivity contribution < 1.29 is 14.4 Å². The molecule has 1 aliphatic heterocycles. The summed E-state index contributed by atoms with van der Waals surface area (Å²) in [6.45, 7) is 0. The van der Waals surface area contributed by atoms with Gasteiger partial charge in [0, 0.05) is 5.56 Å². The number of hydrogen-bond acceptors (Lipinski definition) is 4. The van der Waals surface area contributed by atoms with E-state index < -0.39 is 11.2 Å². The third kappa shape index (κ3) is 1.81. The summed E-state index contributed by atoms with van der Waals surface area (Å²) in [5.74, 6) is 0.0737. The van der Waals surface area contributed by atoms with Gasteiger partial charge in [-0.05, 0) is 6.07 Å². The van der Waals surface area contributed by atoms with Gasteiger partial charge in [-0.2, -0.15) is 0 Å². The third-order valence-electron chi connectivity index (χ3n) is 2.19. The summed E-state index contributed by atoms with van der Waals surface area (Å²) in [5, 5.41) is 11.0. The maximum atomic E-state index is 11.0. The van der Waals surface area contributed by atoms with Crippen LogP contribution in [0.3, 0.4) is 0 Å². The molecule has 0 aromatic heterocycles. The Hall–Kier alpha value is -1.75. The first-order valence-electron chi connectivity index (χ1n) is 4.52. The van der Waals surface area contributed by atoms with E-state index in [0.717, 1.165) is 0 Å². The normalized spacial score (nSPS) is 14.6. The van der Waals surface area contributed by atoms with Crippen molar-refractivity contribution in [3.8, 4) is 0 Å². The van der Waals surface area contributed by atoms with E-state index in [-0.39, 0.29) is 11.6 Å². The van der Waals surface area contributed by atoms with Crippen molar-refractivity contribution in [2.75, 3.05) is 0 Å². The fourth-order valence-electron chi connectivity index (χ4n) is 1.52. The molecular weight excluding hydrogens is 234 g/mol. The summed E-state index contributed by atoms with van der Waals surface area (Å²) >= 11 is 5.65. The zero-order chi connectivity index (χ0) is 11.5. The van der Waals surface area contributed by atoms with Crippen molar-refractivity contribution in [3.05, 3.63) is 52.0 Å². The van der Waals surface area contributed by atoms with Crippen LogP contribution in [0.2, 0.25) is 0 Å². The van der Waals surface area contributed by atoms with Gasteiger partial charge in [0.25, 0.3) is 12.0 Å². The van der Waals surface area contributed by atoms with Crippen LogP contribution in [0.1, 0.15) is 17.4 Å². The van der Waals surface area contributed by atoms with E-state index in [9.17, 15) is 10.1 Å². The summed E-state index contributed by atoms with van der Waals surface area (Å²) in [6.07, 6.45) is 1.94. The Labute approximate surface area is 96.4 Å². The average molecular weight is 242 g/mol. The van der Waals surface area contributed by atoms with E-state index in [4.69, 9.17) is 21.1 Å². The van der Waals surface area contributed by atoms with Crippen molar-refractivity contribution in [2.45, 2.75) is 12.2 Å². The second-order valence-electron chi connectivity index (χ2n) is 3.12. The Morgan fingerprint density at radius 2 is 2.06 bits per heavy atom. The number of hydrogen-bond donors (Lipinski definition) is 0. The lowest BCUT2D eigenvalue weighted by atomic mass is 10.1. The Kier molecular flexibility index (Phi) is 2.96. The first-order valence-corrected chi connectivity index (χ1v) is 5.05. The van der Waals surface area contributed by atoms with Gasteiger partial charge in [0.1, 0.15) is 18.1 Å². The summed E-state index contributed by atoms with van der Waals surface area (Å²) < 4.78 is 10.2. The van der Waals surface area contributed by atoms with Crippen LogP contribution in [0.4, 0.5) is 5.69 Å². The predicted octanol–water partition coefficient (Wildman–Crippen LogP) is 2.85. The maximum absolute atomic E-state index is 11.0. The van der Waals surface area contributed by atoms with Crippen molar-refractivity contribution in [1.29, 1.82) is 0 Å². The number of para-hydroxylation sites is 1. The van der Waals surface area contributed by atoms with Crippen LogP contribution in [0.25, 0.3) is 0 Å². The molecule has 1 heterocycles. The molecule has 84 valence electrons. The molecule has 0 aliphatic carbocycles. The van der Waals surface area contributed by atoms with Crippen LogP contribution in [0.15, 0.2) is 30.7 Å². The van der Waals surface area contributed by atoms with Crippen LogP contribution in [0.5, 0.6) is 0 Å². The van der Waals surface area contributed by atoms with Gasteiger partial charge in [-0.3, -0.25) is 10.1 Å². The zero-order valence-corrected chi connectivity index (χ0v) is 8.89. The molecule has 0 radical (unpaired) electrons. The lowest BCUT2D eigenvalue weighted by Crippen LogP contribution is -2.05. The topological polar surface area (TPSA) is 61.6 Å². The highest BCUT2D eigenvalue weighted by atomic mass is 35.5. The first-order chi connectivity index (χ1) is 7.74. The number of benzene rings is 1. The molecular formula is C10H8ClNO4. The number of nitro benzene ring substituents is 1. The summed E-state index contributed by atoms with van der Waals surface area (Å²) in [5.41, 5.74) is 0.766. The second kappa shape index (κ2) is 4.40. The molecule has 1 aromatic rings. The molecule has 16 heavy (non-hydrogen) atoms. The standard InChI is InChI=1S/C10H8ClNO4/c11-6-7-2-1-3-8(9(7)12(13)14)10-15-4-5-16-10/h1-5,10H,6H2. The molecule has 1 aromatic carbocycles. The third-order valence-corrected chi connectivity index (χ3v) is 2.48. The molecule has 1 aliphatic rings. The van der Waals surface area contributed by atoms with E-state index in [1.807, 2.05) is 0 Å². The molecule has 0 saturated heterocycles. The molecule has 0 bridgehead atoms. The van der Waals surface area contributed by atoms with Gasteiger partial charge < -0.3 is 9.47 Å². The molecule has 0 amide bonds. The van der Waals surface area contributed by atoms with Gasteiger partial charge in [0.2, 0.25) is 0 Å². The maximum Gasteiger partial charge on any atom is 0.284 e. The molecule has 0 spiro atoms. The SMILES string of the molecule is O=[N+]([O-])c1c(CCl)cccc1C1OC=CO1. The average Bonchev–Trinajstić information content (AvgIpc) is 2.81. The largest absolute Gasteiger partial charge is 0.455 e. The van der Waals surface area contributed by atoms with E-state index in [1.54, 1.807) is 18.2 Å². The molecule has 0 atom stereocenters. The lowest BCUT2D eigenvalue weighted by molar-refractivity contribution is -0.387. The van der Waals surface area contributed by atoms with Crippen LogP contribution in [0, 0.1) is 10.1 Å². The van der Waals surface area contributed by atoms with Crippen LogP contribution in [-0.2, 0) is 15.4 Å². The number of rotatable bonds is 3. The highest BCUT2D eigenvalue weighted by Crippen LogP contribution is 2.34. The monoisotopic (exact) mass is 241 g/mol. The van der Waals surface area contributed by atoms with E-state index in [1.165, 1.54) is 12.5 Å². The van der Waals surface area contributed by atoms with Gasteiger partial charge in [0.05, 0.1) is 10.8 Å². The Morgan fingerprint density at radius 3 is 2.62 bits per heavy atom. The quantitative estimate of drug-likeness (QED) is 0.464. The molecule has 0 unspecified atom stereocenters. The lowest BCUT2D eigenvalue weighted by Gasteiger charge is -2.12. The van der Waals surface area contributed by atoms with E-state index in [0.29, 0.717) is 11.1 Å². The number of halogens is 1. The van der Waals surface area contributed by atoms with Gasteiger partial charge in [0.15, 0.2) is 0 Å². The van der Waals surface area contributed by atoms with Crippen LogP contribution >= 0.6 is 11.6 Å². The van der Waals surface area contributed by atoms with Crippen molar-refractivity contribution in [2.24, 2.45) is 0 Å². The predicted molar refractivity (Wildman–Crippen MR) is 56.7 cm³/mol. The second-order valence-corrected chi connectivity index (χ2v) is 3.39. The number of nitrogens with zero attached hydrogens (tertiary/aromatic N) is 1. The molecule has 0 N–H and O–H groups in total. The molecule has 5 nitrogen and oxygen atoms in total. The van der Waals surface area contributed by atoms with E-state index in [2.05, 4.69) is 0 Å². The minimum absolute atomic E-state index is 0.0498.